The van der Waals surface area contributed by atoms with Crippen molar-refractivity contribution < 1.29 is 13.2 Å². The number of imidazole rings is 1. The summed E-state index contributed by atoms with van der Waals surface area (Å²) in [6.07, 6.45) is 7.31. The quantitative estimate of drug-likeness (QED) is 0.833. The molecule has 1 atom stereocenters. The zero-order valence-electron chi connectivity index (χ0n) is 12.6. The highest BCUT2D eigenvalue weighted by Gasteiger charge is 2.32. The number of hydrogen-bond donors (Lipinski definition) is 0. The number of aryl methyl sites for hydroxylation is 1. The Morgan fingerprint density at radius 1 is 1.43 bits per heavy atom. The fourth-order valence-corrected chi connectivity index (χ4v) is 4.15. The van der Waals surface area contributed by atoms with E-state index in [0.717, 1.165) is 12.8 Å². The van der Waals surface area contributed by atoms with Gasteiger partial charge in [0.25, 0.3) is 10.0 Å². The Labute approximate surface area is 139 Å². The summed E-state index contributed by atoms with van der Waals surface area (Å²) < 4.78 is 34.1. The average molecular weight is 357 g/mol. The second-order valence-corrected chi connectivity index (χ2v) is 7.72. The van der Waals surface area contributed by atoms with Crippen molar-refractivity contribution in [3.63, 3.8) is 0 Å². The van der Waals surface area contributed by atoms with Gasteiger partial charge in [-0.2, -0.15) is 4.31 Å². The molecule has 0 saturated carbocycles. The number of ether oxygens (including phenoxy) is 1. The van der Waals surface area contributed by atoms with Crippen LogP contribution in [0.2, 0.25) is 5.02 Å². The van der Waals surface area contributed by atoms with Gasteiger partial charge in [0, 0.05) is 38.2 Å². The molecule has 1 saturated heterocycles. The first-order valence-electron chi connectivity index (χ1n) is 7.21. The molecule has 1 aliphatic heterocycles. The maximum atomic E-state index is 12.6. The summed E-state index contributed by atoms with van der Waals surface area (Å²) in [4.78, 5) is 7.85. The standard InChI is InChI=1S/C14H17ClN4O3S/c1-18-9-14(17-10-18)23(20,21)19-6-2-3-11(8-19)22-13-4-5-16-7-12(13)15/h4-5,7,9-11H,2-3,6,8H2,1H3. The Kier molecular flexibility index (Phi) is 4.56. The van der Waals surface area contributed by atoms with E-state index in [2.05, 4.69) is 9.97 Å². The van der Waals surface area contributed by atoms with Crippen molar-refractivity contribution >= 4 is 21.6 Å². The van der Waals surface area contributed by atoms with Crippen LogP contribution in [0.15, 0.2) is 36.0 Å². The lowest BCUT2D eigenvalue weighted by atomic mass is 10.1. The number of hydrogen-bond acceptors (Lipinski definition) is 5. The van der Waals surface area contributed by atoms with E-state index in [0.29, 0.717) is 17.3 Å². The number of piperidine rings is 1. The van der Waals surface area contributed by atoms with Gasteiger partial charge in [-0.3, -0.25) is 4.98 Å². The summed E-state index contributed by atoms with van der Waals surface area (Å²) in [6.45, 7) is 0.737. The molecule has 0 N–H and O–H groups in total. The smallest absolute Gasteiger partial charge is 0.262 e. The predicted molar refractivity (Wildman–Crippen MR) is 84.9 cm³/mol. The Morgan fingerprint density at radius 3 is 2.96 bits per heavy atom. The summed E-state index contributed by atoms with van der Waals surface area (Å²) in [6, 6.07) is 1.68. The number of pyridine rings is 1. The van der Waals surface area contributed by atoms with Gasteiger partial charge < -0.3 is 9.30 Å². The van der Waals surface area contributed by atoms with Crippen molar-refractivity contribution in [2.24, 2.45) is 7.05 Å². The molecular weight excluding hydrogens is 340 g/mol. The molecule has 2 aromatic rings. The lowest BCUT2D eigenvalue weighted by Crippen LogP contribution is -2.44. The van der Waals surface area contributed by atoms with E-state index < -0.39 is 10.0 Å². The molecule has 7 nitrogen and oxygen atoms in total. The van der Waals surface area contributed by atoms with Gasteiger partial charge in [-0.15, -0.1) is 0 Å². The number of nitrogens with zero attached hydrogens (tertiary/aromatic N) is 4. The summed E-state index contributed by atoms with van der Waals surface area (Å²) in [5.74, 6) is 0.517. The normalized spacial score (nSPS) is 19.7. The molecule has 23 heavy (non-hydrogen) atoms. The molecule has 1 aliphatic rings. The van der Waals surface area contributed by atoms with Crippen molar-refractivity contribution in [2.45, 2.75) is 24.0 Å². The molecule has 1 unspecified atom stereocenters. The highest BCUT2D eigenvalue weighted by Crippen LogP contribution is 2.27. The molecule has 0 aliphatic carbocycles. The molecule has 0 aromatic carbocycles. The lowest BCUT2D eigenvalue weighted by molar-refractivity contribution is 0.129. The minimum atomic E-state index is -3.60. The van der Waals surface area contributed by atoms with E-state index in [1.54, 1.807) is 23.9 Å². The predicted octanol–water partition coefficient (Wildman–Crippen LogP) is 1.70. The van der Waals surface area contributed by atoms with Gasteiger partial charge in [0.1, 0.15) is 16.9 Å². The highest BCUT2D eigenvalue weighted by molar-refractivity contribution is 7.89. The van der Waals surface area contributed by atoms with Crippen LogP contribution in [0.25, 0.3) is 0 Å². The van der Waals surface area contributed by atoms with Crippen LogP contribution in [-0.4, -0.2) is 46.5 Å². The fourth-order valence-electron chi connectivity index (χ4n) is 2.51. The SMILES string of the molecule is Cn1cnc(S(=O)(=O)N2CCCC(Oc3ccncc3Cl)C2)c1. The van der Waals surface area contributed by atoms with Gasteiger partial charge in [-0.05, 0) is 12.8 Å². The number of sulfonamides is 1. The van der Waals surface area contributed by atoms with E-state index >= 15 is 0 Å². The van der Waals surface area contributed by atoms with Crippen molar-refractivity contribution in [2.75, 3.05) is 13.1 Å². The third-order valence-corrected chi connectivity index (χ3v) is 5.69. The minimum absolute atomic E-state index is 0.0580. The molecule has 0 spiro atoms. The largest absolute Gasteiger partial charge is 0.487 e. The van der Waals surface area contributed by atoms with Gasteiger partial charge in [0.15, 0.2) is 5.03 Å². The van der Waals surface area contributed by atoms with Crippen molar-refractivity contribution in [3.8, 4) is 5.75 Å². The molecule has 9 heteroatoms. The lowest BCUT2D eigenvalue weighted by Gasteiger charge is -2.31. The van der Waals surface area contributed by atoms with E-state index in [4.69, 9.17) is 16.3 Å². The molecular formula is C14H17ClN4O3S. The van der Waals surface area contributed by atoms with E-state index in [9.17, 15) is 8.42 Å². The molecule has 0 bridgehead atoms. The molecule has 3 rings (SSSR count). The Morgan fingerprint density at radius 2 is 2.26 bits per heavy atom. The minimum Gasteiger partial charge on any atom is -0.487 e. The van der Waals surface area contributed by atoms with E-state index in [1.165, 1.54) is 23.0 Å². The van der Waals surface area contributed by atoms with Crippen LogP contribution in [0.3, 0.4) is 0 Å². The third kappa shape index (κ3) is 3.49. The second-order valence-electron chi connectivity index (χ2n) is 5.43. The zero-order chi connectivity index (χ0) is 16.4. The van der Waals surface area contributed by atoms with Gasteiger partial charge in [-0.25, -0.2) is 13.4 Å². The molecule has 0 amide bonds. The zero-order valence-corrected chi connectivity index (χ0v) is 14.2. The van der Waals surface area contributed by atoms with Gasteiger partial charge in [-0.1, -0.05) is 11.6 Å². The Hall–Kier alpha value is -1.64. The summed E-state index contributed by atoms with van der Waals surface area (Å²) in [5, 5.41) is 0.472. The Bertz CT molecular complexity index is 793. The van der Waals surface area contributed by atoms with Crippen LogP contribution >= 0.6 is 11.6 Å². The number of aromatic nitrogens is 3. The first-order chi connectivity index (χ1) is 11.0. The van der Waals surface area contributed by atoms with E-state index in [-0.39, 0.29) is 17.7 Å². The summed E-state index contributed by atoms with van der Waals surface area (Å²) in [5.41, 5.74) is 0. The van der Waals surface area contributed by atoms with Crippen molar-refractivity contribution in [1.82, 2.24) is 18.8 Å². The second kappa shape index (κ2) is 6.46. The van der Waals surface area contributed by atoms with Crippen LogP contribution in [0.4, 0.5) is 0 Å². The van der Waals surface area contributed by atoms with Crippen LogP contribution in [-0.2, 0) is 17.1 Å². The molecule has 0 radical (unpaired) electrons. The fraction of sp³-hybridized carbons (Fsp3) is 0.429. The first-order valence-corrected chi connectivity index (χ1v) is 9.03. The number of rotatable bonds is 4. The van der Waals surface area contributed by atoms with Crippen LogP contribution in [0, 0.1) is 0 Å². The first kappa shape index (κ1) is 16.2. The summed E-state index contributed by atoms with van der Waals surface area (Å²) >= 11 is 6.04. The topological polar surface area (TPSA) is 77.3 Å². The molecule has 2 aromatic heterocycles. The van der Waals surface area contributed by atoms with Crippen molar-refractivity contribution in [1.29, 1.82) is 0 Å². The van der Waals surface area contributed by atoms with Crippen LogP contribution in [0.1, 0.15) is 12.8 Å². The maximum absolute atomic E-state index is 12.6. The van der Waals surface area contributed by atoms with E-state index in [1.807, 2.05) is 0 Å². The maximum Gasteiger partial charge on any atom is 0.262 e. The van der Waals surface area contributed by atoms with Crippen LogP contribution in [0.5, 0.6) is 5.75 Å². The van der Waals surface area contributed by atoms with Crippen LogP contribution < -0.4 is 4.74 Å². The monoisotopic (exact) mass is 356 g/mol. The van der Waals surface area contributed by atoms with Crippen molar-refractivity contribution in [3.05, 3.63) is 36.0 Å². The van der Waals surface area contributed by atoms with Gasteiger partial charge >= 0.3 is 0 Å². The molecule has 124 valence electrons. The number of halogens is 1. The third-order valence-electron chi connectivity index (χ3n) is 3.66. The highest BCUT2D eigenvalue weighted by atomic mass is 35.5. The Balaban J connectivity index is 1.75. The average Bonchev–Trinajstić information content (AvgIpc) is 2.97. The molecule has 1 fully saturated rings. The summed E-state index contributed by atoms with van der Waals surface area (Å²) in [7, 11) is -1.86. The van der Waals surface area contributed by atoms with Gasteiger partial charge in [0.05, 0.1) is 12.9 Å². The van der Waals surface area contributed by atoms with Gasteiger partial charge in [0.2, 0.25) is 0 Å². The molecule has 3 heterocycles.